The Morgan fingerprint density at radius 1 is 0.500 bits per heavy atom. The molecule has 0 aromatic carbocycles. The molecule has 1 nitrogen and oxygen atoms in total. The summed E-state index contributed by atoms with van der Waals surface area (Å²) in [4.78, 5) is 0. The lowest BCUT2D eigenvalue weighted by atomic mass is 10.1. The molecule has 22 heavy (non-hydrogen) atoms. The van der Waals surface area contributed by atoms with E-state index in [1.54, 1.807) is 0 Å². The molecule has 0 fully saturated rings. The van der Waals surface area contributed by atoms with Crippen LogP contribution in [-0.4, -0.2) is 18.5 Å². The first-order chi connectivity index (χ1) is 10.9. The number of unbranched alkanes of at least 4 members (excludes halogenated alkanes) is 14. The van der Waals surface area contributed by atoms with Gasteiger partial charge in [0.25, 0.3) is 0 Å². The summed E-state index contributed by atoms with van der Waals surface area (Å²) in [5.41, 5.74) is 0. The van der Waals surface area contributed by atoms with Crippen molar-refractivity contribution in [2.24, 2.45) is 0 Å². The highest BCUT2D eigenvalue weighted by molar-refractivity contribution is 9.09. The molecule has 0 saturated carbocycles. The largest absolute Gasteiger partial charge is 0.381 e. The van der Waals surface area contributed by atoms with Crippen molar-refractivity contribution in [2.45, 2.75) is 110 Å². The van der Waals surface area contributed by atoms with Gasteiger partial charge in [-0.05, 0) is 19.3 Å². The van der Waals surface area contributed by atoms with Crippen molar-refractivity contribution in [2.75, 3.05) is 18.5 Å². The van der Waals surface area contributed by atoms with Gasteiger partial charge < -0.3 is 4.74 Å². The molecule has 0 unspecified atom stereocenters. The van der Waals surface area contributed by atoms with Gasteiger partial charge in [0.05, 0.1) is 0 Å². The van der Waals surface area contributed by atoms with Crippen LogP contribution in [0.1, 0.15) is 110 Å². The van der Waals surface area contributed by atoms with E-state index in [0.29, 0.717) is 0 Å². The molecule has 0 saturated heterocycles. The van der Waals surface area contributed by atoms with Gasteiger partial charge in [0, 0.05) is 18.5 Å². The normalized spacial score (nSPS) is 11.2. The van der Waals surface area contributed by atoms with Crippen LogP contribution >= 0.6 is 15.9 Å². The average molecular weight is 377 g/mol. The van der Waals surface area contributed by atoms with Crippen LogP contribution in [0.2, 0.25) is 0 Å². The molecule has 2 heteroatoms. The second kappa shape index (κ2) is 21.4. The van der Waals surface area contributed by atoms with Gasteiger partial charge in [0.2, 0.25) is 0 Å². The van der Waals surface area contributed by atoms with E-state index in [2.05, 4.69) is 22.9 Å². The molecule has 0 radical (unpaired) electrons. The maximum absolute atomic E-state index is 5.73. The molecule has 0 atom stereocenters. The van der Waals surface area contributed by atoms with E-state index in [0.717, 1.165) is 13.2 Å². The van der Waals surface area contributed by atoms with Crippen LogP contribution in [0, 0.1) is 0 Å². The molecule has 0 bridgehead atoms. The molecule has 0 heterocycles. The fourth-order valence-electron chi connectivity index (χ4n) is 2.80. The smallest absolute Gasteiger partial charge is 0.0466 e. The molecule has 0 N–H and O–H groups in total. The minimum absolute atomic E-state index is 0.986. The lowest BCUT2D eigenvalue weighted by Gasteiger charge is -2.05. The first-order valence-electron chi connectivity index (χ1n) is 10.1. The number of ether oxygens (including phenoxy) is 1. The fourth-order valence-corrected chi connectivity index (χ4v) is 3.20. The van der Waals surface area contributed by atoms with Crippen molar-refractivity contribution in [1.82, 2.24) is 0 Å². The first-order valence-corrected chi connectivity index (χ1v) is 11.2. The predicted molar refractivity (Wildman–Crippen MR) is 104 cm³/mol. The Morgan fingerprint density at radius 3 is 1.27 bits per heavy atom. The van der Waals surface area contributed by atoms with E-state index < -0.39 is 0 Å². The quantitative estimate of drug-likeness (QED) is 0.166. The van der Waals surface area contributed by atoms with Crippen LogP contribution in [0.25, 0.3) is 0 Å². The number of hydrogen-bond donors (Lipinski definition) is 0. The summed E-state index contributed by atoms with van der Waals surface area (Å²) in [6, 6.07) is 0. The lowest BCUT2D eigenvalue weighted by molar-refractivity contribution is 0.125. The third-order valence-corrected chi connectivity index (χ3v) is 4.88. The lowest BCUT2D eigenvalue weighted by Crippen LogP contribution is -1.97. The van der Waals surface area contributed by atoms with Gasteiger partial charge in [-0.2, -0.15) is 0 Å². The van der Waals surface area contributed by atoms with Crippen molar-refractivity contribution < 1.29 is 4.74 Å². The Labute approximate surface area is 149 Å². The van der Waals surface area contributed by atoms with E-state index in [-0.39, 0.29) is 0 Å². The maximum atomic E-state index is 5.73. The van der Waals surface area contributed by atoms with Crippen molar-refractivity contribution in [1.29, 1.82) is 0 Å². The van der Waals surface area contributed by atoms with Crippen LogP contribution < -0.4 is 0 Å². The molecule has 0 aromatic rings. The molecule has 0 aromatic heterocycles. The topological polar surface area (TPSA) is 9.23 Å². The van der Waals surface area contributed by atoms with E-state index in [4.69, 9.17) is 4.74 Å². The third kappa shape index (κ3) is 20.4. The van der Waals surface area contributed by atoms with Crippen molar-refractivity contribution in [3.63, 3.8) is 0 Å². The number of hydrogen-bond acceptors (Lipinski definition) is 1. The zero-order valence-electron chi connectivity index (χ0n) is 15.2. The highest BCUT2D eigenvalue weighted by atomic mass is 79.9. The van der Waals surface area contributed by atoms with E-state index in [9.17, 15) is 0 Å². The zero-order valence-corrected chi connectivity index (χ0v) is 16.8. The number of halogens is 1. The zero-order chi connectivity index (χ0) is 16.1. The fraction of sp³-hybridized carbons (Fsp3) is 1.00. The number of alkyl halides is 1. The standard InChI is InChI=1S/C20H41BrO/c1-2-3-4-5-6-10-13-16-19-22-20-17-14-11-8-7-9-12-15-18-21/h2-20H2,1H3. The molecular weight excluding hydrogens is 336 g/mol. The monoisotopic (exact) mass is 376 g/mol. The SMILES string of the molecule is CCCCCCCCCCOCCCCCCCCCCBr. The summed E-state index contributed by atoms with van der Waals surface area (Å²) < 4.78 is 5.73. The minimum atomic E-state index is 0.986. The van der Waals surface area contributed by atoms with Gasteiger partial charge in [-0.25, -0.2) is 0 Å². The summed E-state index contributed by atoms with van der Waals surface area (Å²) in [5.74, 6) is 0. The number of rotatable bonds is 19. The molecule has 134 valence electrons. The second-order valence-corrected chi connectivity index (χ2v) is 7.40. The van der Waals surface area contributed by atoms with E-state index >= 15 is 0 Å². The summed E-state index contributed by atoms with van der Waals surface area (Å²) in [6.07, 6.45) is 22.1. The average Bonchev–Trinajstić information content (AvgIpc) is 2.54. The van der Waals surface area contributed by atoms with Crippen LogP contribution in [0.5, 0.6) is 0 Å². The minimum Gasteiger partial charge on any atom is -0.381 e. The molecular formula is C20H41BrO. The highest BCUT2D eigenvalue weighted by Crippen LogP contribution is 2.10. The maximum Gasteiger partial charge on any atom is 0.0466 e. The van der Waals surface area contributed by atoms with Gasteiger partial charge in [0.15, 0.2) is 0 Å². The summed E-state index contributed by atoms with van der Waals surface area (Å²) in [6.45, 7) is 4.25. The molecule has 0 aliphatic carbocycles. The molecule has 0 spiro atoms. The van der Waals surface area contributed by atoms with Crippen molar-refractivity contribution in [3.8, 4) is 0 Å². The first kappa shape index (κ1) is 22.4. The Kier molecular flexibility index (Phi) is 21.9. The van der Waals surface area contributed by atoms with Crippen LogP contribution in [-0.2, 0) is 4.74 Å². The van der Waals surface area contributed by atoms with Crippen molar-refractivity contribution >= 4 is 15.9 Å². The highest BCUT2D eigenvalue weighted by Gasteiger charge is 1.94. The van der Waals surface area contributed by atoms with Gasteiger partial charge in [-0.1, -0.05) is 106 Å². The van der Waals surface area contributed by atoms with Gasteiger partial charge >= 0.3 is 0 Å². The predicted octanol–water partition coefficient (Wildman–Crippen LogP) is 7.66. The van der Waals surface area contributed by atoms with Crippen molar-refractivity contribution in [3.05, 3.63) is 0 Å². The summed E-state index contributed by atoms with van der Waals surface area (Å²) in [7, 11) is 0. The van der Waals surface area contributed by atoms with Crippen LogP contribution in [0.4, 0.5) is 0 Å². The Hall–Kier alpha value is 0.440. The van der Waals surface area contributed by atoms with E-state index in [1.807, 2.05) is 0 Å². The van der Waals surface area contributed by atoms with Gasteiger partial charge in [0.1, 0.15) is 0 Å². The van der Waals surface area contributed by atoms with Gasteiger partial charge in [-0.3, -0.25) is 0 Å². The molecule has 0 rings (SSSR count). The Bertz CT molecular complexity index is 165. The summed E-state index contributed by atoms with van der Waals surface area (Å²) in [5, 5.41) is 1.17. The molecule has 0 aliphatic heterocycles. The van der Waals surface area contributed by atoms with E-state index in [1.165, 1.54) is 108 Å². The van der Waals surface area contributed by atoms with Crippen LogP contribution in [0.15, 0.2) is 0 Å². The third-order valence-electron chi connectivity index (χ3n) is 4.31. The molecule has 0 amide bonds. The second-order valence-electron chi connectivity index (χ2n) is 6.60. The van der Waals surface area contributed by atoms with Gasteiger partial charge in [-0.15, -0.1) is 0 Å². The Morgan fingerprint density at radius 2 is 0.864 bits per heavy atom. The Balaban J connectivity index is 2.91. The molecule has 0 aliphatic rings. The summed E-state index contributed by atoms with van der Waals surface area (Å²) >= 11 is 3.49. The van der Waals surface area contributed by atoms with Crippen LogP contribution in [0.3, 0.4) is 0 Å².